The summed E-state index contributed by atoms with van der Waals surface area (Å²) < 4.78 is 0. The van der Waals surface area contributed by atoms with Crippen molar-refractivity contribution >= 4 is 5.91 Å². The molecule has 204 valence electrons. The number of carbonyl (C=O) groups excluding carboxylic acids is 1. The molecule has 2 heterocycles. The van der Waals surface area contributed by atoms with Crippen LogP contribution in [0.4, 0.5) is 0 Å². The lowest BCUT2D eigenvalue weighted by molar-refractivity contribution is -0.134. The lowest BCUT2D eigenvalue weighted by Crippen LogP contribution is -2.47. The smallest absolute Gasteiger partial charge is 0.223 e. The minimum absolute atomic E-state index is 0.0940. The Balaban J connectivity index is 0.000000532. The second-order valence-corrected chi connectivity index (χ2v) is 14.3. The Morgan fingerprint density at radius 3 is 1.50 bits per heavy atom. The zero-order valence-corrected chi connectivity index (χ0v) is 25.6. The molecule has 0 aromatic rings. The highest BCUT2D eigenvalue weighted by atomic mass is 16.2. The van der Waals surface area contributed by atoms with E-state index in [0.29, 0.717) is 29.2 Å². The molecule has 0 aliphatic carbocycles. The van der Waals surface area contributed by atoms with Gasteiger partial charge in [-0.05, 0) is 56.3 Å². The highest BCUT2D eigenvalue weighted by molar-refractivity contribution is 5.76. The van der Waals surface area contributed by atoms with Crippen LogP contribution in [-0.2, 0) is 4.79 Å². The van der Waals surface area contributed by atoms with Crippen LogP contribution in [0.5, 0.6) is 0 Å². The third kappa shape index (κ3) is 17.7. The molecule has 0 unspecified atom stereocenters. The van der Waals surface area contributed by atoms with E-state index in [1.165, 1.54) is 39.1 Å². The van der Waals surface area contributed by atoms with Crippen molar-refractivity contribution < 1.29 is 4.79 Å². The Bertz CT molecular complexity index is 540. The van der Waals surface area contributed by atoms with Gasteiger partial charge in [-0.25, -0.2) is 0 Å². The lowest BCUT2D eigenvalue weighted by Gasteiger charge is -2.36. The minimum Gasteiger partial charge on any atom is -0.343 e. The van der Waals surface area contributed by atoms with Gasteiger partial charge >= 0.3 is 0 Å². The highest BCUT2D eigenvalue weighted by Gasteiger charge is 2.26. The summed E-state index contributed by atoms with van der Waals surface area (Å²) in [6.07, 6.45) is 4.15. The molecular weight excluding hydrogens is 420 g/mol. The van der Waals surface area contributed by atoms with Crippen molar-refractivity contribution in [2.45, 2.75) is 101 Å². The lowest BCUT2D eigenvalue weighted by atomic mass is 9.91. The van der Waals surface area contributed by atoms with E-state index in [-0.39, 0.29) is 5.41 Å². The molecule has 0 bridgehead atoms. The maximum atomic E-state index is 12.1. The molecule has 0 aromatic heterocycles. The molecule has 1 amide bonds. The maximum Gasteiger partial charge on any atom is 0.223 e. The molecule has 2 rings (SSSR count). The molecule has 2 fully saturated rings. The summed E-state index contributed by atoms with van der Waals surface area (Å²) in [6, 6.07) is 0.450. The van der Waals surface area contributed by atoms with Gasteiger partial charge in [-0.15, -0.1) is 0 Å². The van der Waals surface area contributed by atoms with Crippen LogP contribution in [0.3, 0.4) is 0 Å². The van der Waals surface area contributed by atoms with E-state index in [4.69, 9.17) is 0 Å². The van der Waals surface area contributed by atoms with Gasteiger partial charge in [0.25, 0.3) is 0 Å². The summed E-state index contributed by atoms with van der Waals surface area (Å²) >= 11 is 0. The highest BCUT2D eigenvalue weighted by Crippen LogP contribution is 2.22. The van der Waals surface area contributed by atoms with Crippen LogP contribution in [-0.4, -0.2) is 98.5 Å². The fourth-order valence-corrected chi connectivity index (χ4v) is 3.84. The second kappa shape index (κ2) is 14.8. The average molecular weight is 483 g/mol. The first-order valence-electron chi connectivity index (χ1n) is 13.7. The van der Waals surface area contributed by atoms with E-state index in [9.17, 15) is 4.79 Å². The van der Waals surface area contributed by atoms with Crippen molar-refractivity contribution in [3.8, 4) is 0 Å². The number of likely N-dealkylation sites (N-methyl/N-ethyl adjacent to an activating group) is 1. The summed E-state index contributed by atoms with van der Waals surface area (Å²) in [5.74, 6) is 0.294. The van der Waals surface area contributed by atoms with Crippen LogP contribution < -0.4 is 0 Å². The number of amides is 1. The Kier molecular flexibility index (Phi) is 14.5. The number of nitrogens with zero attached hydrogens (tertiary/aromatic N) is 4. The van der Waals surface area contributed by atoms with Crippen molar-refractivity contribution in [2.24, 2.45) is 16.2 Å². The van der Waals surface area contributed by atoms with Crippen LogP contribution in [0, 0.1) is 16.2 Å². The fourth-order valence-electron chi connectivity index (χ4n) is 3.84. The van der Waals surface area contributed by atoms with Crippen molar-refractivity contribution in [1.29, 1.82) is 0 Å². The molecule has 5 nitrogen and oxygen atoms in total. The summed E-state index contributed by atoms with van der Waals surface area (Å²) in [4.78, 5) is 21.3. The van der Waals surface area contributed by atoms with Crippen LogP contribution >= 0.6 is 0 Å². The molecule has 0 N–H and O–H groups in total. The molecule has 0 atom stereocenters. The van der Waals surface area contributed by atoms with E-state index in [1.54, 1.807) is 0 Å². The summed E-state index contributed by atoms with van der Waals surface area (Å²) in [6.45, 7) is 30.6. The van der Waals surface area contributed by atoms with Gasteiger partial charge in [0.15, 0.2) is 0 Å². The van der Waals surface area contributed by atoms with Crippen LogP contribution in [0.15, 0.2) is 0 Å². The third-order valence-electron chi connectivity index (χ3n) is 6.67. The summed E-state index contributed by atoms with van der Waals surface area (Å²) in [5, 5.41) is 0. The van der Waals surface area contributed by atoms with Gasteiger partial charge in [-0.1, -0.05) is 75.7 Å². The quantitative estimate of drug-likeness (QED) is 0.516. The predicted octanol–water partition coefficient (Wildman–Crippen LogP) is 5.70. The second-order valence-electron chi connectivity index (χ2n) is 14.3. The minimum atomic E-state index is 0.0940. The first kappa shape index (κ1) is 33.4. The molecule has 0 aromatic carbocycles. The Morgan fingerprint density at radius 1 is 0.735 bits per heavy atom. The standard InChI is InChI=1S/C13H26N2O.C10H22N2.C6H14/c1-13(2,3)10-12(16)15(5)11-6-8-14(4)9-7-11;1-10(2,3)9-12-7-5-11(4)6-8-12;1-5-6(2,3)4/h11H,6-10H2,1-5H3;5-9H2,1-4H3;5H2,1-4H3. The Labute approximate surface area is 214 Å². The topological polar surface area (TPSA) is 30.0 Å². The fraction of sp³-hybridized carbons (Fsp3) is 0.966. The molecule has 2 aliphatic rings. The molecule has 34 heavy (non-hydrogen) atoms. The van der Waals surface area contributed by atoms with E-state index >= 15 is 0 Å². The number of piperazine rings is 1. The monoisotopic (exact) mass is 482 g/mol. The van der Waals surface area contributed by atoms with Crippen molar-refractivity contribution in [1.82, 2.24) is 19.6 Å². The number of carbonyl (C=O) groups is 1. The van der Waals surface area contributed by atoms with Gasteiger partial charge in [-0.2, -0.15) is 0 Å². The zero-order chi connectivity index (χ0) is 26.7. The maximum absolute atomic E-state index is 12.1. The van der Waals surface area contributed by atoms with Crippen molar-refractivity contribution in [3.63, 3.8) is 0 Å². The number of rotatable bonds is 3. The van der Waals surface area contributed by atoms with E-state index in [0.717, 1.165) is 25.9 Å². The Hall–Kier alpha value is -0.650. The summed E-state index contributed by atoms with van der Waals surface area (Å²) in [5.41, 5.74) is 1.09. The first-order chi connectivity index (χ1) is 15.3. The Morgan fingerprint density at radius 2 is 1.15 bits per heavy atom. The van der Waals surface area contributed by atoms with Gasteiger partial charge in [0, 0.05) is 52.2 Å². The first-order valence-corrected chi connectivity index (χ1v) is 13.7. The van der Waals surface area contributed by atoms with Gasteiger partial charge in [-0.3, -0.25) is 4.79 Å². The predicted molar refractivity (Wildman–Crippen MR) is 150 cm³/mol. The van der Waals surface area contributed by atoms with Gasteiger partial charge in [0.2, 0.25) is 5.91 Å². The van der Waals surface area contributed by atoms with Gasteiger partial charge in [0.1, 0.15) is 0 Å². The SMILES string of the molecule is CCC(C)(C)C.CN1CCC(N(C)C(=O)CC(C)(C)C)CC1.CN1CCN(CC(C)(C)C)CC1. The summed E-state index contributed by atoms with van der Waals surface area (Å²) in [7, 11) is 6.31. The van der Waals surface area contributed by atoms with Crippen molar-refractivity contribution in [2.75, 3.05) is 67.0 Å². The van der Waals surface area contributed by atoms with Gasteiger partial charge in [0.05, 0.1) is 0 Å². The largest absolute Gasteiger partial charge is 0.343 e. The van der Waals surface area contributed by atoms with Crippen LogP contribution in [0.1, 0.15) is 94.9 Å². The molecule has 5 heteroatoms. The van der Waals surface area contributed by atoms with E-state index < -0.39 is 0 Å². The zero-order valence-electron chi connectivity index (χ0n) is 25.6. The van der Waals surface area contributed by atoms with E-state index in [1.807, 2.05) is 11.9 Å². The van der Waals surface area contributed by atoms with E-state index in [2.05, 4.69) is 98.0 Å². The molecule has 0 spiro atoms. The molecule has 0 radical (unpaired) electrons. The van der Waals surface area contributed by atoms with Crippen molar-refractivity contribution in [3.05, 3.63) is 0 Å². The van der Waals surface area contributed by atoms with Crippen LogP contribution in [0.2, 0.25) is 0 Å². The number of hydrogen-bond donors (Lipinski definition) is 0. The van der Waals surface area contributed by atoms with Crippen LogP contribution in [0.25, 0.3) is 0 Å². The number of hydrogen-bond acceptors (Lipinski definition) is 4. The normalized spacial score (nSPS) is 19.6. The van der Waals surface area contributed by atoms with Gasteiger partial charge < -0.3 is 19.6 Å². The molecule has 2 saturated heterocycles. The molecular formula is C29H62N4O. The number of likely N-dealkylation sites (tertiary alicyclic amines) is 1. The third-order valence-corrected chi connectivity index (χ3v) is 6.67. The number of piperidine rings is 1. The average Bonchev–Trinajstić information content (AvgIpc) is 2.68. The molecule has 0 saturated carbocycles. The molecule has 2 aliphatic heterocycles.